The molecule has 0 aromatic carbocycles. The summed E-state index contributed by atoms with van der Waals surface area (Å²) in [5.74, 6) is -0.00505. The lowest BCUT2D eigenvalue weighted by Crippen LogP contribution is -2.42. The van der Waals surface area contributed by atoms with Crippen LogP contribution in [0.2, 0.25) is 18.1 Å². The third-order valence-electron chi connectivity index (χ3n) is 5.33. The molecule has 1 fully saturated rings. The number of nitrogens with one attached hydrogen (secondary N) is 1. The average Bonchev–Trinajstić information content (AvgIpc) is 3.07. The van der Waals surface area contributed by atoms with Crippen molar-refractivity contribution in [1.82, 2.24) is 19.5 Å². The van der Waals surface area contributed by atoms with E-state index in [-0.39, 0.29) is 22.6 Å². The Bertz CT molecular complexity index is 856. The number of H-pyrrole nitrogens is 1. The van der Waals surface area contributed by atoms with Gasteiger partial charge in [-0.05, 0) is 18.1 Å². The molecular weight excluding hydrogens is 354 g/mol. The number of nitrogen functional groups attached to an aromatic ring is 1. The molecule has 1 aliphatic heterocycles. The maximum atomic E-state index is 11.9. The van der Waals surface area contributed by atoms with Crippen LogP contribution < -0.4 is 11.3 Å². The summed E-state index contributed by atoms with van der Waals surface area (Å²) in [5.41, 5.74) is 5.66. The fourth-order valence-electron chi connectivity index (χ4n) is 2.73. The summed E-state index contributed by atoms with van der Waals surface area (Å²) in [6, 6.07) is 0. The molecule has 9 nitrogen and oxygen atoms in total. The molecule has 3 atom stereocenters. The highest BCUT2D eigenvalue weighted by molar-refractivity contribution is 6.74. The van der Waals surface area contributed by atoms with Gasteiger partial charge in [-0.3, -0.25) is 14.3 Å². The smallest absolute Gasteiger partial charge is 0.280 e. The number of nitrogens with zero attached hydrogens (tertiary/aromatic N) is 3. The molecule has 0 spiro atoms. The number of hydrogen-bond donors (Lipinski definition) is 3. The second kappa shape index (κ2) is 6.45. The third kappa shape index (κ3) is 3.41. The van der Waals surface area contributed by atoms with Crippen molar-refractivity contribution in [2.45, 2.75) is 63.8 Å². The van der Waals surface area contributed by atoms with E-state index in [2.05, 4.69) is 48.8 Å². The summed E-state index contributed by atoms with van der Waals surface area (Å²) in [6.07, 6.45) is 0.222. The molecule has 2 aromatic heterocycles. The molecule has 0 bridgehead atoms. The second-order valence-electron chi connectivity index (χ2n) is 8.30. The molecular formula is C16H27N5O4Si. The number of aliphatic hydroxyl groups is 1. The zero-order valence-electron chi connectivity index (χ0n) is 15.8. The van der Waals surface area contributed by atoms with Crippen LogP contribution in [0, 0.1) is 0 Å². The number of anilines is 1. The number of aromatic nitrogens is 4. The number of rotatable bonds is 4. The van der Waals surface area contributed by atoms with Crippen LogP contribution in [-0.4, -0.2) is 51.8 Å². The Balaban J connectivity index is 1.77. The van der Waals surface area contributed by atoms with Gasteiger partial charge in [0.05, 0.1) is 19.0 Å². The molecule has 3 rings (SSSR count). The van der Waals surface area contributed by atoms with E-state index in [4.69, 9.17) is 14.9 Å². The molecule has 0 aliphatic carbocycles. The lowest BCUT2D eigenvalue weighted by molar-refractivity contribution is -0.0471. The van der Waals surface area contributed by atoms with E-state index in [9.17, 15) is 9.90 Å². The molecule has 1 saturated heterocycles. The number of nitrogens with two attached hydrogens (primary N) is 1. The second-order valence-corrected chi connectivity index (χ2v) is 13.1. The molecule has 144 valence electrons. The Morgan fingerprint density at radius 1 is 1.50 bits per heavy atom. The van der Waals surface area contributed by atoms with E-state index in [1.54, 1.807) is 4.57 Å². The van der Waals surface area contributed by atoms with E-state index >= 15 is 0 Å². The lowest BCUT2D eigenvalue weighted by Gasteiger charge is -2.36. The Kier molecular flexibility index (Phi) is 4.72. The van der Waals surface area contributed by atoms with Gasteiger partial charge in [-0.2, -0.15) is 4.98 Å². The average molecular weight is 382 g/mol. The van der Waals surface area contributed by atoms with Gasteiger partial charge in [-0.25, -0.2) is 4.98 Å². The molecule has 0 amide bonds. The summed E-state index contributed by atoms with van der Waals surface area (Å²) < 4.78 is 13.7. The maximum absolute atomic E-state index is 11.9. The van der Waals surface area contributed by atoms with Gasteiger partial charge in [0.15, 0.2) is 25.7 Å². The molecule has 0 radical (unpaired) electrons. The number of fused-ring (bicyclic) bond motifs is 1. The van der Waals surface area contributed by atoms with E-state index in [1.165, 1.54) is 6.33 Å². The van der Waals surface area contributed by atoms with Crippen molar-refractivity contribution in [2.24, 2.45) is 0 Å². The fraction of sp³-hybridized carbons (Fsp3) is 0.688. The Morgan fingerprint density at radius 2 is 2.19 bits per heavy atom. The number of aliphatic hydroxyl groups excluding tert-OH is 1. The summed E-state index contributed by atoms with van der Waals surface area (Å²) in [5, 5.41) is 10.6. The number of ether oxygens (including phenoxy) is 1. The van der Waals surface area contributed by atoms with Gasteiger partial charge in [0.25, 0.3) is 5.56 Å². The molecule has 1 aliphatic rings. The minimum absolute atomic E-state index is 0.00505. The van der Waals surface area contributed by atoms with Gasteiger partial charge in [-0.15, -0.1) is 0 Å². The SMILES string of the molecule is CC(C)(C)[Si](C)(C)OC[C@@H]1C[C@@H](O)[C@H](n2cnc3c(=O)[nH]c(N)nc32)O1. The maximum Gasteiger partial charge on any atom is 0.280 e. The minimum atomic E-state index is -1.90. The molecule has 3 heterocycles. The quantitative estimate of drug-likeness (QED) is 0.682. The molecule has 10 heteroatoms. The summed E-state index contributed by atoms with van der Waals surface area (Å²) in [6.45, 7) is 11.3. The topological polar surface area (TPSA) is 128 Å². The monoisotopic (exact) mass is 381 g/mol. The van der Waals surface area contributed by atoms with Gasteiger partial charge in [0, 0.05) is 6.42 Å². The zero-order valence-corrected chi connectivity index (χ0v) is 16.8. The van der Waals surface area contributed by atoms with Crippen LogP contribution in [0.15, 0.2) is 11.1 Å². The normalized spacial score (nSPS) is 24.5. The van der Waals surface area contributed by atoms with Crippen LogP contribution in [0.25, 0.3) is 11.2 Å². The highest BCUT2D eigenvalue weighted by atomic mass is 28.4. The van der Waals surface area contributed by atoms with Gasteiger partial charge < -0.3 is 20.0 Å². The van der Waals surface area contributed by atoms with Gasteiger partial charge in [0.1, 0.15) is 6.10 Å². The largest absolute Gasteiger partial charge is 0.414 e. The van der Waals surface area contributed by atoms with Crippen LogP contribution in [0.5, 0.6) is 0 Å². The van der Waals surface area contributed by atoms with Crippen molar-refractivity contribution in [3.05, 3.63) is 16.7 Å². The highest BCUT2D eigenvalue weighted by Crippen LogP contribution is 2.38. The predicted molar refractivity (Wildman–Crippen MR) is 100 cm³/mol. The molecule has 0 unspecified atom stereocenters. The van der Waals surface area contributed by atoms with Crippen LogP contribution in [0.1, 0.15) is 33.4 Å². The first-order valence-corrected chi connectivity index (χ1v) is 11.6. The van der Waals surface area contributed by atoms with E-state index in [1.807, 2.05) is 0 Å². The molecule has 2 aromatic rings. The Hall–Kier alpha value is -1.75. The van der Waals surface area contributed by atoms with Crippen LogP contribution >= 0.6 is 0 Å². The lowest BCUT2D eigenvalue weighted by atomic mass is 10.2. The van der Waals surface area contributed by atoms with Crippen molar-refractivity contribution in [1.29, 1.82) is 0 Å². The van der Waals surface area contributed by atoms with Crippen molar-refractivity contribution < 1.29 is 14.3 Å². The van der Waals surface area contributed by atoms with Crippen LogP contribution in [-0.2, 0) is 9.16 Å². The minimum Gasteiger partial charge on any atom is -0.414 e. The zero-order chi connectivity index (χ0) is 19.3. The standard InChI is InChI=1S/C16H27N5O4Si/c1-16(2,3)26(4,5)24-7-9-6-10(22)14(25-9)21-8-18-11-12(21)19-15(17)20-13(11)23/h8-10,14,22H,6-7H2,1-5H3,(H3,17,19,20,23)/t9-,10+,14+/m0/s1. The molecule has 26 heavy (non-hydrogen) atoms. The summed E-state index contributed by atoms with van der Waals surface area (Å²) in [7, 11) is -1.90. The summed E-state index contributed by atoms with van der Waals surface area (Å²) >= 11 is 0. The predicted octanol–water partition coefficient (Wildman–Crippen LogP) is 1.37. The Labute approximate surface area is 152 Å². The first kappa shape index (κ1) is 19.0. The molecule has 0 saturated carbocycles. The van der Waals surface area contributed by atoms with Crippen LogP contribution in [0.4, 0.5) is 5.95 Å². The van der Waals surface area contributed by atoms with E-state index < -0.39 is 26.2 Å². The van der Waals surface area contributed by atoms with Crippen molar-refractivity contribution in [3.63, 3.8) is 0 Å². The van der Waals surface area contributed by atoms with Gasteiger partial charge >= 0.3 is 0 Å². The Morgan fingerprint density at radius 3 is 2.85 bits per heavy atom. The summed E-state index contributed by atoms with van der Waals surface area (Å²) in [4.78, 5) is 22.5. The number of aromatic amines is 1. The van der Waals surface area contributed by atoms with Crippen molar-refractivity contribution in [3.8, 4) is 0 Å². The van der Waals surface area contributed by atoms with E-state index in [0.717, 1.165) is 0 Å². The van der Waals surface area contributed by atoms with Gasteiger partial charge in [-0.1, -0.05) is 20.8 Å². The van der Waals surface area contributed by atoms with E-state index in [0.29, 0.717) is 18.7 Å². The van der Waals surface area contributed by atoms with Crippen LogP contribution in [0.3, 0.4) is 0 Å². The highest BCUT2D eigenvalue weighted by Gasteiger charge is 2.41. The number of hydrogen-bond acceptors (Lipinski definition) is 7. The number of imidazole rings is 1. The fourth-order valence-corrected chi connectivity index (χ4v) is 3.77. The van der Waals surface area contributed by atoms with Crippen molar-refractivity contribution in [2.75, 3.05) is 12.3 Å². The first-order valence-electron chi connectivity index (χ1n) is 8.69. The molecule has 4 N–H and O–H groups in total. The first-order chi connectivity index (χ1) is 12.0. The third-order valence-corrected chi connectivity index (χ3v) is 9.83. The van der Waals surface area contributed by atoms with Crippen molar-refractivity contribution >= 4 is 25.4 Å². The van der Waals surface area contributed by atoms with Gasteiger partial charge in [0.2, 0.25) is 5.95 Å².